The Hall–Kier alpha value is -2.24. The molecular formula is C16H15F3O3. The van der Waals surface area contributed by atoms with Gasteiger partial charge in [-0.1, -0.05) is 18.2 Å². The van der Waals surface area contributed by atoms with Crippen LogP contribution in [0.25, 0.3) is 0 Å². The van der Waals surface area contributed by atoms with Crippen LogP contribution in [-0.2, 0) is 27.1 Å². The van der Waals surface area contributed by atoms with E-state index >= 15 is 0 Å². The highest BCUT2D eigenvalue weighted by molar-refractivity contribution is 5.58. The molecule has 118 valence electrons. The summed E-state index contributed by atoms with van der Waals surface area (Å²) < 4.78 is 48.2. The fraction of sp³-hybridized carbons (Fsp3) is 0.312. The number of halogens is 3. The van der Waals surface area contributed by atoms with Gasteiger partial charge in [0.2, 0.25) is 0 Å². The zero-order valence-electron chi connectivity index (χ0n) is 11.9. The Morgan fingerprint density at radius 2 is 1.95 bits per heavy atom. The topological polar surface area (TPSA) is 35.5 Å². The monoisotopic (exact) mass is 312 g/mol. The van der Waals surface area contributed by atoms with Gasteiger partial charge < -0.3 is 14.3 Å². The third-order valence-electron chi connectivity index (χ3n) is 3.29. The first-order valence-corrected chi connectivity index (χ1v) is 6.63. The quantitative estimate of drug-likeness (QED) is 0.775. The summed E-state index contributed by atoms with van der Waals surface area (Å²) in [7, 11) is 1.48. The smallest absolute Gasteiger partial charge is 0.416 e. The molecule has 1 atom stereocenters. The van der Waals surface area contributed by atoms with Crippen LogP contribution in [0.1, 0.15) is 17.5 Å². The first kappa shape index (κ1) is 16.1. The molecule has 0 spiro atoms. The molecule has 0 aliphatic heterocycles. The minimum absolute atomic E-state index is 0.121. The summed E-state index contributed by atoms with van der Waals surface area (Å²) in [4.78, 5) is 10.8. The number of aldehydes is 1. The summed E-state index contributed by atoms with van der Waals surface area (Å²) >= 11 is 0. The van der Waals surface area contributed by atoms with E-state index < -0.39 is 11.7 Å². The summed E-state index contributed by atoms with van der Waals surface area (Å²) in [6.07, 6.45) is 0.241. The molecule has 1 aliphatic rings. The molecular weight excluding hydrogens is 297 g/mol. The van der Waals surface area contributed by atoms with Crippen LogP contribution in [0.4, 0.5) is 13.2 Å². The van der Waals surface area contributed by atoms with Crippen LogP contribution >= 0.6 is 0 Å². The van der Waals surface area contributed by atoms with Crippen molar-refractivity contribution in [3.05, 3.63) is 59.1 Å². The predicted octanol–water partition coefficient (Wildman–Crippen LogP) is 3.86. The van der Waals surface area contributed by atoms with E-state index in [-0.39, 0.29) is 12.5 Å². The maximum absolute atomic E-state index is 12.5. The van der Waals surface area contributed by atoms with Gasteiger partial charge in [-0.3, -0.25) is 0 Å². The van der Waals surface area contributed by atoms with Crippen molar-refractivity contribution >= 4 is 6.29 Å². The van der Waals surface area contributed by atoms with E-state index in [1.807, 2.05) is 0 Å². The average molecular weight is 312 g/mol. The lowest BCUT2D eigenvalue weighted by Crippen LogP contribution is -2.10. The molecule has 1 aliphatic carbocycles. The second kappa shape index (κ2) is 6.68. The van der Waals surface area contributed by atoms with Crippen molar-refractivity contribution < 1.29 is 27.4 Å². The maximum atomic E-state index is 12.5. The van der Waals surface area contributed by atoms with Crippen molar-refractivity contribution in [2.75, 3.05) is 7.11 Å². The minimum Gasteiger partial charge on any atom is -0.497 e. The van der Waals surface area contributed by atoms with Crippen molar-refractivity contribution in [2.24, 2.45) is 5.92 Å². The Kier molecular flexibility index (Phi) is 4.90. The number of carbonyl (C=O) groups excluding carboxylic acids is 1. The molecule has 3 nitrogen and oxygen atoms in total. The molecule has 0 saturated heterocycles. The summed E-state index contributed by atoms with van der Waals surface area (Å²) in [5.41, 5.74) is -0.0821. The summed E-state index contributed by atoms with van der Waals surface area (Å²) in [5.74, 6) is 0.792. The van der Waals surface area contributed by atoms with E-state index in [0.29, 0.717) is 23.5 Å². The normalized spacial score (nSPS) is 18.3. The number of benzene rings is 1. The molecule has 1 aromatic rings. The highest BCUT2D eigenvalue weighted by Gasteiger charge is 2.29. The summed E-state index contributed by atoms with van der Waals surface area (Å²) in [6, 6.07) is 4.78. The van der Waals surface area contributed by atoms with Crippen molar-refractivity contribution in [2.45, 2.75) is 19.2 Å². The predicted molar refractivity (Wildman–Crippen MR) is 73.6 cm³/mol. The molecule has 1 unspecified atom stereocenters. The van der Waals surface area contributed by atoms with Gasteiger partial charge in [0.1, 0.15) is 18.7 Å². The second-order valence-corrected chi connectivity index (χ2v) is 4.84. The highest BCUT2D eigenvalue weighted by atomic mass is 19.4. The zero-order valence-corrected chi connectivity index (χ0v) is 11.9. The zero-order chi connectivity index (χ0) is 16.2. The molecule has 0 fully saturated rings. The Morgan fingerprint density at radius 3 is 2.50 bits per heavy atom. The number of hydrogen-bond acceptors (Lipinski definition) is 3. The molecule has 1 aromatic carbocycles. The van der Waals surface area contributed by atoms with Gasteiger partial charge in [-0.15, -0.1) is 0 Å². The average Bonchev–Trinajstić information content (AvgIpc) is 2.52. The fourth-order valence-electron chi connectivity index (χ4n) is 2.04. The summed E-state index contributed by atoms with van der Waals surface area (Å²) in [5, 5.41) is 0. The van der Waals surface area contributed by atoms with E-state index in [9.17, 15) is 18.0 Å². The molecule has 22 heavy (non-hydrogen) atoms. The Labute approximate surface area is 126 Å². The van der Waals surface area contributed by atoms with E-state index in [2.05, 4.69) is 0 Å². The van der Waals surface area contributed by atoms with Crippen LogP contribution in [0.2, 0.25) is 0 Å². The van der Waals surface area contributed by atoms with Crippen LogP contribution in [0.3, 0.4) is 0 Å². The van der Waals surface area contributed by atoms with Gasteiger partial charge in [-0.05, 0) is 23.8 Å². The maximum Gasteiger partial charge on any atom is 0.416 e. The molecule has 0 bridgehead atoms. The van der Waals surface area contributed by atoms with Crippen LogP contribution in [0.5, 0.6) is 0 Å². The molecule has 0 N–H and O–H groups in total. The van der Waals surface area contributed by atoms with Gasteiger partial charge in [0.05, 0.1) is 12.7 Å². The Bertz CT molecular complexity index is 586. The van der Waals surface area contributed by atoms with Crippen LogP contribution in [0, 0.1) is 5.92 Å². The lowest BCUT2D eigenvalue weighted by molar-refractivity contribution is -0.137. The van der Waals surface area contributed by atoms with Gasteiger partial charge in [-0.25, -0.2) is 0 Å². The number of ether oxygens (including phenoxy) is 2. The van der Waals surface area contributed by atoms with Gasteiger partial charge in [0, 0.05) is 12.3 Å². The van der Waals surface area contributed by atoms with Crippen LogP contribution in [0.15, 0.2) is 47.9 Å². The molecule has 0 heterocycles. The van der Waals surface area contributed by atoms with Crippen molar-refractivity contribution in [1.29, 1.82) is 0 Å². The van der Waals surface area contributed by atoms with Crippen LogP contribution in [-0.4, -0.2) is 13.4 Å². The Balaban J connectivity index is 2.02. The molecule has 0 radical (unpaired) electrons. The van der Waals surface area contributed by atoms with Gasteiger partial charge >= 0.3 is 6.18 Å². The molecule has 2 rings (SSSR count). The molecule has 0 amide bonds. The summed E-state index contributed by atoms with van der Waals surface area (Å²) in [6.45, 7) is 0.121. The first-order valence-electron chi connectivity index (χ1n) is 6.63. The highest BCUT2D eigenvalue weighted by Crippen LogP contribution is 2.29. The van der Waals surface area contributed by atoms with E-state index in [1.54, 1.807) is 12.2 Å². The van der Waals surface area contributed by atoms with Crippen molar-refractivity contribution in [1.82, 2.24) is 0 Å². The molecule has 0 aromatic heterocycles. The number of carbonyl (C=O) groups is 1. The first-order chi connectivity index (χ1) is 10.4. The molecule has 0 saturated carbocycles. The van der Waals surface area contributed by atoms with Gasteiger partial charge in [0.15, 0.2) is 5.76 Å². The van der Waals surface area contributed by atoms with E-state index in [1.165, 1.54) is 19.2 Å². The number of methoxy groups -OCH3 is 1. The van der Waals surface area contributed by atoms with E-state index in [0.717, 1.165) is 18.4 Å². The number of allylic oxidation sites excluding steroid dienone is 3. The third kappa shape index (κ3) is 3.90. The lowest BCUT2D eigenvalue weighted by atomic mass is 10.00. The fourth-order valence-corrected chi connectivity index (χ4v) is 2.04. The van der Waals surface area contributed by atoms with Gasteiger partial charge in [0.25, 0.3) is 0 Å². The SMILES string of the molecule is COC1=C(OCc2ccc(C(F)(F)F)cc2)C=CC(C=O)C1. The lowest BCUT2D eigenvalue weighted by Gasteiger charge is -2.18. The van der Waals surface area contributed by atoms with Crippen molar-refractivity contribution in [3.8, 4) is 0 Å². The minimum atomic E-state index is -4.35. The second-order valence-electron chi connectivity index (χ2n) is 4.84. The number of hydrogen-bond donors (Lipinski definition) is 0. The van der Waals surface area contributed by atoms with Crippen molar-refractivity contribution in [3.63, 3.8) is 0 Å². The number of rotatable bonds is 5. The van der Waals surface area contributed by atoms with Crippen LogP contribution < -0.4 is 0 Å². The number of alkyl halides is 3. The standard InChI is InChI=1S/C16H15F3O3/c1-21-15-8-12(9-20)4-7-14(15)22-10-11-2-5-13(6-3-11)16(17,18)19/h2-7,9,12H,8,10H2,1H3. The van der Waals surface area contributed by atoms with Gasteiger partial charge in [-0.2, -0.15) is 13.2 Å². The van der Waals surface area contributed by atoms with E-state index in [4.69, 9.17) is 9.47 Å². The Morgan fingerprint density at radius 1 is 1.27 bits per heavy atom. The largest absolute Gasteiger partial charge is 0.497 e. The molecule has 6 heteroatoms. The third-order valence-corrected chi connectivity index (χ3v) is 3.29.